The highest BCUT2D eigenvalue weighted by Crippen LogP contribution is 2.23. The van der Waals surface area contributed by atoms with Gasteiger partial charge in [-0.3, -0.25) is 4.79 Å². The normalized spacial score (nSPS) is 15.1. The lowest BCUT2D eigenvalue weighted by Gasteiger charge is -2.30. The summed E-state index contributed by atoms with van der Waals surface area (Å²) in [5, 5.41) is 4.19. The predicted molar refractivity (Wildman–Crippen MR) is 85.8 cm³/mol. The Morgan fingerprint density at radius 2 is 2.19 bits per heavy atom. The minimum absolute atomic E-state index is 0.0262. The molecule has 0 bridgehead atoms. The lowest BCUT2D eigenvalue weighted by atomic mass is 10.1. The fourth-order valence-electron chi connectivity index (χ4n) is 3.01. The van der Waals surface area contributed by atoms with Gasteiger partial charge in [0.1, 0.15) is 0 Å². The van der Waals surface area contributed by atoms with Crippen molar-refractivity contribution in [3.8, 4) is 0 Å². The summed E-state index contributed by atoms with van der Waals surface area (Å²) in [5.74, 6) is 0.0262. The molecule has 0 saturated carbocycles. The molecule has 4 nitrogen and oxygen atoms in total. The molecule has 1 amide bonds. The molecule has 21 heavy (non-hydrogen) atoms. The van der Waals surface area contributed by atoms with Crippen LogP contribution in [-0.2, 0) is 6.42 Å². The lowest BCUT2D eigenvalue weighted by Crippen LogP contribution is -2.42. The van der Waals surface area contributed by atoms with E-state index in [0.29, 0.717) is 0 Å². The van der Waals surface area contributed by atoms with Crippen molar-refractivity contribution in [1.82, 2.24) is 15.2 Å². The number of hydrogen-bond donors (Lipinski definition) is 2. The van der Waals surface area contributed by atoms with Crippen molar-refractivity contribution in [3.05, 3.63) is 35.0 Å². The van der Waals surface area contributed by atoms with Gasteiger partial charge in [-0.2, -0.15) is 0 Å². The highest BCUT2D eigenvalue weighted by molar-refractivity contribution is 5.99. The van der Waals surface area contributed by atoms with Crippen LogP contribution < -0.4 is 5.32 Å². The van der Waals surface area contributed by atoms with E-state index >= 15 is 0 Å². The van der Waals surface area contributed by atoms with Crippen LogP contribution in [0, 0.1) is 6.92 Å². The molecule has 0 unspecified atom stereocenters. The number of carbonyl (C=O) groups is 1. The maximum Gasteiger partial charge on any atom is 0.251 e. The number of likely N-dealkylation sites (tertiary alicyclic amines) is 1. The molecule has 0 atom stereocenters. The summed E-state index contributed by atoms with van der Waals surface area (Å²) in [6.07, 6.45) is 2.27. The molecular weight excluding hydrogens is 262 g/mol. The summed E-state index contributed by atoms with van der Waals surface area (Å²) in [6.45, 7) is 8.26. The number of aromatic nitrogens is 1. The second-order valence-electron chi connectivity index (χ2n) is 5.79. The van der Waals surface area contributed by atoms with Crippen molar-refractivity contribution in [2.24, 2.45) is 0 Å². The summed E-state index contributed by atoms with van der Waals surface area (Å²) in [5.41, 5.74) is 4.37. The Bertz CT molecular complexity index is 655. The fourth-order valence-corrected chi connectivity index (χ4v) is 3.01. The Labute approximate surface area is 125 Å². The van der Waals surface area contributed by atoms with Gasteiger partial charge in [0.15, 0.2) is 0 Å². The van der Waals surface area contributed by atoms with E-state index in [4.69, 9.17) is 0 Å². The first-order chi connectivity index (χ1) is 10.2. The van der Waals surface area contributed by atoms with E-state index < -0.39 is 0 Å². The zero-order valence-electron chi connectivity index (χ0n) is 12.8. The van der Waals surface area contributed by atoms with Crippen molar-refractivity contribution in [2.75, 3.05) is 26.2 Å². The second-order valence-corrected chi connectivity index (χ2v) is 5.79. The summed E-state index contributed by atoms with van der Waals surface area (Å²) in [7, 11) is 0. The van der Waals surface area contributed by atoms with Crippen LogP contribution >= 0.6 is 0 Å². The van der Waals surface area contributed by atoms with Crippen LogP contribution in [0.4, 0.5) is 0 Å². The molecule has 1 fully saturated rings. The minimum Gasteiger partial charge on any atom is -0.358 e. The summed E-state index contributed by atoms with van der Waals surface area (Å²) in [4.78, 5) is 18.0. The number of nitrogens with one attached hydrogen (secondary N) is 2. The standard InChI is InChI=1S/C17H23N3O/c1-3-14-12(2)19-16-6-5-13(11-15(14)16)17(21)18-7-10-20-8-4-9-20/h5-6,11,19H,3-4,7-10H2,1-2H3,(H,18,21). The molecule has 1 aromatic heterocycles. The van der Waals surface area contributed by atoms with Crippen molar-refractivity contribution in [1.29, 1.82) is 0 Å². The average Bonchev–Trinajstić information content (AvgIpc) is 2.75. The number of amides is 1. The van der Waals surface area contributed by atoms with Gasteiger partial charge in [0.2, 0.25) is 0 Å². The van der Waals surface area contributed by atoms with E-state index in [1.54, 1.807) is 0 Å². The van der Waals surface area contributed by atoms with Gasteiger partial charge in [0.05, 0.1) is 0 Å². The molecule has 2 heterocycles. The average molecular weight is 285 g/mol. The van der Waals surface area contributed by atoms with Gasteiger partial charge in [-0.25, -0.2) is 0 Å². The first-order valence-corrected chi connectivity index (χ1v) is 7.81. The molecule has 0 spiro atoms. The Morgan fingerprint density at radius 3 is 2.86 bits per heavy atom. The quantitative estimate of drug-likeness (QED) is 0.886. The third kappa shape index (κ3) is 2.81. The molecular formula is C17H23N3O. The maximum absolute atomic E-state index is 12.2. The number of aryl methyl sites for hydroxylation is 2. The van der Waals surface area contributed by atoms with E-state index in [1.165, 1.54) is 36.2 Å². The van der Waals surface area contributed by atoms with E-state index in [1.807, 2.05) is 18.2 Å². The van der Waals surface area contributed by atoms with Crippen LogP contribution in [0.2, 0.25) is 0 Å². The molecule has 1 aliphatic heterocycles. The molecule has 3 rings (SSSR count). The van der Waals surface area contributed by atoms with Crippen LogP contribution in [0.5, 0.6) is 0 Å². The summed E-state index contributed by atoms with van der Waals surface area (Å²) in [6, 6.07) is 5.92. The molecule has 1 aliphatic rings. The number of fused-ring (bicyclic) bond motifs is 1. The number of aromatic amines is 1. The predicted octanol–water partition coefficient (Wildman–Crippen LogP) is 2.47. The van der Waals surface area contributed by atoms with Gasteiger partial charge >= 0.3 is 0 Å². The van der Waals surface area contributed by atoms with Crippen molar-refractivity contribution < 1.29 is 4.79 Å². The first kappa shape index (κ1) is 14.1. The molecule has 112 valence electrons. The van der Waals surface area contributed by atoms with Gasteiger partial charge in [0, 0.05) is 35.2 Å². The van der Waals surface area contributed by atoms with Gasteiger partial charge < -0.3 is 15.2 Å². The first-order valence-electron chi connectivity index (χ1n) is 7.81. The van der Waals surface area contributed by atoms with Crippen molar-refractivity contribution in [2.45, 2.75) is 26.7 Å². The van der Waals surface area contributed by atoms with E-state index in [9.17, 15) is 4.79 Å². The molecule has 4 heteroatoms. The van der Waals surface area contributed by atoms with Crippen LogP contribution in [0.25, 0.3) is 10.9 Å². The zero-order valence-corrected chi connectivity index (χ0v) is 12.8. The number of rotatable bonds is 5. The fraction of sp³-hybridized carbons (Fsp3) is 0.471. The van der Waals surface area contributed by atoms with Crippen LogP contribution in [-0.4, -0.2) is 42.0 Å². The topological polar surface area (TPSA) is 48.1 Å². The largest absolute Gasteiger partial charge is 0.358 e. The van der Waals surface area contributed by atoms with E-state index in [2.05, 4.69) is 29.0 Å². The van der Waals surface area contributed by atoms with Gasteiger partial charge in [0.25, 0.3) is 5.91 Å². The third-order valence-corrected chi connectivity index (χ3v) is 4.40. The monoisotopic (exact) mass is 285 g/mol. The highest BCUT2D eigenvalue weighted by atomic mass is 16.1. The molecule has 1 saturated heterocycles. The Balaban J connectivity index is 1.71. The SMILES string of the molecule is CCc1c(C)[nH]c2ccc(C(=O)NCCN3CCC3)cc12. The van der Waals surface area contributed by atoms with Gasteiger partial charge in [-0.15, -0.1) is 0 Å². The Hall–Kier alpha value is -1.81. The van der Waals surface area contributed by atoms with Crippen LogP contribution in [0.3, 0.4) is 0 Å². The van der Waals surface area contributed by atoms with E-state index in [-0.39, 0.29) is 5.91 Å². The molecule has 2 N–H and O–H groups in total. The number of hydrogen-bond acceptors (Lipinski definition) is 2. The van der Waals surface area contributed by atoms with Crippen molar-refractivity contribution in [3.63, 3.8) is 0 Å². The number of H-pyrrole nitrogens is 1. The Morgan fingerprint density at radius 1 is 1.38 bits per heavy atom. The van der Waals surface area contributed by atoms with Crippen LogP contribution in [0.15, 0.2) is 18.2 Å². The molecule has 2 aromatic rings. The molecule has 0 radical (unpaired) electrons. The van der Waals surface area contributed by atoms with E-state index in [0.717, 1.165) is 30.6 Å². The summed E-state index contributed by atoms with van der Waals surface area (Å²) >= 11 is 0. The summed E-state index contributed by atoms with van der Waals surface area (Å²) < 4.78 is 0. The van der Waals surface area contributed by atoms with Crippen LogP contribution in [0.1, 0.15) is 35.0 Å². The van der Waals surface area contributed by atoms with Gasteiger partial charge in [-0.05, 0) is 56.6 Å². The lowest BCUT2D eigenvalue weighted by molar-refractivity contribution is 0.0941. The van der Waals surface area contributed by atoms with Gasteiger partial charge in [-0.1, -0.05) is 6.92 Å². The third-order valence-electron chi connectivity index (χ3n) is 4.40. The molecule has 0 aliphatic carbocycles. The number of carbonyl (C=O) groups excluding carboxylic acids is 1. The smallest absolute Gasteiger partial charge is 0.251 e. The van der Waals surface area contributed by atoms with Crippen molar-refractivity contribution >= 4 is 16.8 Å². The highest BCUT2D eigenvalue weighted by Gasteiger charge is 2.14. The maximum atomic E-state index is 12.2. The minimum atomic E-state index is 0.0262. The Kier molecular flexibility index (Phi) is 3.97. The number of benzene rings is 1. The zero-order chi connectivity index (χ0) is 14.8. The number of nitrogens with zero attached hydrogens (tertiary/aromatic N) is 1. The second kappa shape index (κ2) is 5.90. The molecule has 1 aromatic carbocycles.